The largest absolute Gasteiger partial charge is 0.396 e. The highest BCUT2D eigenvalue weighted by molar-refractivity contribution is 7.89. The lowest BCUT2D eigenvalue weighted by molar-refractivity contribution is 0.299. The summed E-state index contributed by atoms with van der Waals surface area (Å²) >= 11 is 0. The second-order valence-electron chi connectivity index (χ2n) is 4.01. The van der Waals surface area contributed by atoms with Crippen LogP contribution in [0.25, 0.3) is 0 Å². The summed E-state index contributed by atoms with van der Waals surface area (Å²) < 4.78 is 26.2. The number of benzene rings is 1. The predicted octanol–water partition coefficient (Wildman–Crippen LogP) is 0.662. The van der Waals surface area contributed by atoms with Crippen molar-refractivity contribution in [2.75, 3.05) is 6.61 Å². The molecule has 0 atom stereocenters. The van der Waals surface area contributed by atoms with Gasteiger partial charge in [-0.2, -0.15) is 0 Å². The molecule has 16 heavy (non-hydrogen) atoms. The van der Waals surface area contributed by atoms with Gasteiger partial charge in [0.15, 0.2) is 0 Å². The summed E-state index contributed by atoms with van der Waals surface area (Å²) in [4.78, 5) is 0.293. The van der Waals surface area contributed by atoms with Gasteiger partial charge in [0.1, 0.15) is 0 Å². The Balaban J connectivity index is 2.13. The fourth-order valence-corrected chi connectivity index (χ4v) is 2.76. The van der Waals surface area contributed by atoms with Crippen LogP contribution in [-0.4, -0.2) is 26.2 Å². The highest BCUT2D eigenvalue weighted by Crippen LogP contribution is 2.22. The molecule has 0 aliphatic heterocycles. The van der Waals surface area contributed by atoms with Gasteiger partial charge < -0.3 is 5.11 Å². The van der Waals surface area contributed by atoms with Crippen LogP contribution in [0.15, 0.2) is 29.2 Å². The summed E-state index contributed by atoms with van der Waals surface area (Å²) in [6.07, 6.45) is 2.42. The minimum Gasteiger partial charge on any atom is -0.396 e. The Labute approximate surface area is 95.4 Å². The van der Waals surface area contributed by atoms with Gasteiger partial charge in [-0.1, -0.05) is 12.1 Å². The van der Waals surface area contributed by atoms with Crippen LogP contribution in [0.5, 0.6) is 0 Å². The zero-order chi connectivity index (χ0) is 11.6. The maximum absolute atomic E-state index is 11.8. The molecule has 0 heterocycles. The molecule has 0 unspecified atom stereocenters. The molecule has 1 aromatic rings. The number of nitrogens with one attached hydrogen (secondary N) is 1. The van der Waals surface area contributed by atoms with Crippen molar-refractivity contribution >= 4 is 10.0 Å². The highest BCUT2D eigenvalue weighted by Gasteiger charge is 2.27. The lowest BCUT2D eigenvalue weighted by atomic mass is 10.2. The minimum atomic E-state index is -3.34. The van der Waals surface area contributed by atoms with Crippen LogP contribution in [0.2, 0.25) is 0 Å². The normalized spacial score (nSPS) is 16.3. The molecule has 0 saturated heterocycles. The van der Waals surface area contributed by atoms with E-state index in [0.29, 0.717) is 11.3 Å². The summed E-state index contributed by atoms with van der Waals surface area (Å²) in [5.41, 5.74) is 0.938. The molecule has 0 spiro atoms. The third kappa shape index (κ3) is 2.81. The number of hydrogen-bond acceptors (Lipinski definition) is 3. The van der Waals surface area contributed by atoms with E-state index in [1.165, 1.54) is 0 Å². The van der Waals surface area contributed by atoms with E-state index in [-0.39, 0.29) is 12.6 Å². The van der Waals surface area contributed by atoms with Gasteiger partial charge in [-0.25, -0.2) is 13.1 Å². The zero-order valence-electron chi connectivity index (χ0n) is 8.89. The molecule has 1 fully saturated rings. The quantitative estimate of drug-likeness (QED) is 0.796. The molecule has 2 N–H and O–H groups in total. The van der Waals surface area contributed by atoms with Gasteiger partial charge >= 0.3 is 0 Å². The second kappa shape index (κ2) is 4.53. The summed E-state index contributed by atoms with van der Waals surface area (Å²) in [5.74, 6) is 0. The monoisotopic (exact) mass is 241 g/mol. The fourth-order valence-electron chi connectivity index (χ4n) is 1.45. The first-order valence-corrected chi connectivity index (χ1v) is 6.82. The van der Waals surface area contributed by atoms with Crippen LogP contribution in [0.1, 0.15) is 18.4 Å². The molecule has 0 bridgehead atoms. The first-order chi connectivity index (χ1) is 7.62. The number of hydrogen-bond donors (Lipinski definition) is 2. The SMILES string of the molecule is O=S(=O)(NC1CC1)c1ccc(CCO)cc1. The lowest BCUT2D eigenvalue weighted by Gasteiger charge is -2.06. The molecular weight excluding hydrogens is 226 g/mol. The van der Waals surface area contributed by atoms with Gasteiger partial charge in [0.25, 0.3) is 0 Å². The molecule has 1 aliphatic rings. The van der Waals surface area contributed by atoms with Gasteiger partial charge in [-0.3, -0.25) is 0 Å². The Morgan fingerprint density at radius 1 is 1.25 bits per heavy atom. The van der Waals surface area contributed by atoms with Gasteiger partial charge in [0.2, 0.25) is 10.0 Å². The molecule has 4 nitrogen and oxygen atoms in total. The van der Waals surface area contributed by atoms with Crippen molar-refractivity contribution in [3.63, 3.8) is 0 Å². The van der Waals surface area contributed by atoms with E-state index < -0.39 is 10.0 Å². The van der Waals surface area contributed by atoms with E-state index >= 15 is 0 Å². The van der Waals surface area contributed by atoms with Crippen LogP contribution in [0.3, 0.4) is 0 Å². The molecule has 0 amide bonds. The minimum absolute atomic E-state index is 0.0758. The van der Waals surface area contributed by atoms with Crippen molar-refractivity contribution in [2.24, 2.45) is 0 Å². The Morgan fingerprint density at radius 3 is 2.38 bits per heavy atom. The zero-order valence-corrected chi connectivity index (χ0v) is 9.70. The number of aliphatic hydroxyl groups excluding tert-OH is 1. The molecule has 88 valence electrons. The van der Waals surface area contributed by atoms with Crippen LogP contribution in [0, 0.1) is 0 Å². The lowest BCUT2D eigenvalue weighted by Crippen LogP contribution is -2.25. The van der Waals surface area contributed by atoms with Crippen molar-refractivity contribution in [3.8, 4) is 0 Å². The van der Waals surface area contributed by atoms with Crippen molar-refractivity contribution in [1.29, 1.82) is 0 Å². The third-order valence-electron chi connectivity index (χ3n) is 2.53. The molecular formula is C11H15NO3S. The first-order valence-electron chi connectivity index (χ1n) is 5.34. The van der Waals surface area contributed by atoms with E-state index in [1.54, 1.807) is 24.3 Å². The van der Waals surface area contributed by atoms with E-state index in [9.17, 15) is 8.42 Å². The predicted molar refractivity (Wildman–Crippen MR) is 60.6 cm³/mol. The first kappa shape index (κ1) is 11.6. The van der Waals surface area contributed by atoms with Gasteiger partial charge in [-0.05, 0) is 37.0 Å². The number of sulfonamides is 1. The summed E-state index contributed by atoms with van der Waals surface area (Å²) in [6, 6.07) is 6.75. The van der Waals surface area contributed by atoms with Gasteiger partial charge in [0.05, 0.1) is 4.90 Å². The molecule has 1 saturated carbocycles. The summed E-state index contributed by atoms with van der Waals surface area (Å²) in [7, 11) is -3.34. The van der Waals surface area contributed by atoms with Crippen LogP contribution < -0.4 is 4.72 Å². The van der Waals surface area contributed by atoms with Gasteiger partial charge in [-0.15, -0.1) is 0 Å². The van der Waals surface area contributed by atoms with Crippen molar-refractivity contribution in [3.05, 3.63) is 29.8 Å². The van der Waals surface area contributed by atoms with Crippen molar-refractivity contribution in [1.82, 2.24) is 4.72 Å². The van der Waals surface area contributed by atoms with Gasteiger partial charge in [0, 0.05) is 12.6 Å². The van der Waals surface area contributed by atoms with Crippen LogP contribution in [0.4, 0.5) is 0 Å². The average molecular weight is 241 g/mol. The maximum atomic E-state index is 11.8. The topological polar surface area (TPSA) is 66.4 Å². The molecule has 0 aromatic heterocycles. The molecule has 5 heteroatoms. The van der Waals surface area contributed by atoms with Crippen LogP contribution in [-0.2, 0) is 16.4 Å². The Bertz CT molecular complexity index is 449. The Kier molecular flexibility index (Phi) is 3.28. The summed E-state index contributed by atoms with van der Waals surface area (Å²) in [6.45, 7) is 0.0758. The second-order valence-corrected chi connectivity index (χ2v) is 5.73. The highest BCUT2D eigenvalue weighted by atomic mass is 32.2. The molecule has 2 rings (SSSR count). The van der Waals surface area contributed by atoms with E-state index in [4.69, 9.17) is 5.11 Å². The van der Waals surface area contributed by atoms with Crippen molar-refractivity contribution in [2.45, 2.75) is 30.2 Å². The smallest absolute Gasteiger partial charge is 0.240 e. The van der Waals surface area contributed by atoms with E-state index in [1.807, 2.05) is 0 Å². The molecule has 0 radical (unpaired) electrons. The number of aliphatic hydroxyl groups is 1. The Morgan fingerprint density at radius 2 is 1.88 bits per heavy atom. The van der Waals surface area contributed by atoms with E-state index in [2.05, 4.69) is 4.72 Å². The number of rotatable bonds is 5. The summed E-state index contributed by atoms with van der Waals surface area (Å²) in [5, 5.41) is 8.75. The molecule has 1 aliphatic carbocycles. The van der Waals surface area contributed by atoms with Crippen molar-refractivity contribution < 1.29 is 13.5 Å². The Hall–Kier alpha value is -0.910. The standard InChI is InChI=1S/C11H15NO3S/c13-8-7-9-1-5-11(6-2-9)16(14,15)12-10-3-4-10/h1-2,5-6,10,12-13H,3-4,7-8H2. The maximum Gasteiger partial charge on any atom is 0.240 e. The fraction of sp³-hybridized carbons (Fsp3) is 0.455. The van der Waals surface area contributed by atoms with Crippen LogP contribution >= 0.6 is 0 Å². The third-order valence-corrected chi connectivity index (χ3v) is 4.07. The molecule has 1 aromatic carbocycles. The average Bonchev–Trinajstić information content (AvgIpc) is 3.02. The van der Waals surface area contributed by atoms with E-state index in [0.717, 1.165) is 18.4 Å².